The van der Waals surface area contributed by atoms with Crippen LogP contribution in [-0.2, 0) is 14.6 Å². The molecule has 6 heteroatoms. The number of sulfone groups is 1. The third kappa shape index (κ3) is 3.56. The van der Waals surface area contributed by atoms with E-state index in [-0.39, 0.29) is 4.90 Å². The van der Waals surface area contributed by atoms with Gasteiger partial charge in [0, 0.05) is 11.9 Å². The number of anilines is 1. The zero-order valence-electron chi connectivity index (χ0n) is 12.3. The van der Waals surface area contributed by atoms with E-state index in [1.807, 2.05) is 0 Å². The fourth-order valence-electron chi connectivity index (χ4n) is 2.71. The second-order valence-electron chi connectivity index (χ2n) is 5.99. The Morgan fingerprint density at radius 1 is 1.24 bits per heavy atom. The van der Waals surface area contributed by atoms with Crippen molar-refractivity contribution in [2.75, 3.05) is 11.6 Å². The van der Waals surface area contributed by atoms with Crippen LogP contribution >= 0.6 is 0 Å². The molecular formula is C15H21NO4S. The first-order valence-electron chi connectivity index (χ1n) is 7.05. The highest BCUT2D eigenvalue weighted by atomic mass is 32.2. The van der Waals surface area contributed by atoms with Gasteiger partial charge in [-0.2, -0.15) is 0 Å². The number of rotatable bonds is 4. The molecule has 1 aromatic carbocycles. The molecule has 0 bridgehead atoms. The number of carboxylic acid groups (broad SMARTS) is 1. The molecule has 0 aromatic heterocycles. The molecule has 1 aliphatic carbocycles. The number of nitrogens with one attached hydrogen (secondary N) is 1. The molecular weight excluding hydrogens is 290 g/mol. The highest BCUT2D eigenvalue weighted by Crippen LogP contribution is 2.35. The van der Waals surface area contributed by atoms with Crippen molar-refractivity contribution >= 4 is 21.5 Å². The Labute approximate surface area is 125 Å². The largest absolute Gasteiger partial charge is 0.480 e. The maximum absolute atomic E-state index is 11.7. The lowest BCUT2D eigenvalue weighted by molar-refractivity contribution is -0.143. The standard InChI is InChI=1S/C15H21NO4S/c1-11-7-9-15(10-8-11,14(17)18)16-12-3-5-13(6-4-12)21(2,19)20/h3-6,11,16H,7-10H2,1-2H3,(H,17,18). The summed E-state index contributed by atoms with van der Waals surface area (Å²) in [4.78, 5) is 11.9. The molecule has 21 heavy (non-hydrogen) atoms. The lowest BCUT2D eigenvalue weighted by Crippen LogP contribution is -2.48. The SMILES string of the molecule is CC1CCC(Nc2ccc(S(C)(=O)=O)cc2)(C(=O)O)CC1. The summed E-state index contributed by atoms with van der Waals surface area (Å²) in [5.41, 5.74) is -0.307. The van der Waals surface area contributed by atoms with Gasteiger partial charge >= 0.3 is 5.97 Å². The average Bonchev–Trinajstić information content (AvgIpc) is 2.41. The predicted octanol–water partition coefficient (Wildman–Crippen LogP) is 2.54. The minimum absolute atomic E-state index is 0.231. The van der Waals surface area contributed by atoms with Crippen LogP contribution in [0.4, 0.5) is 5.69 Å². The summed E-state index contributed by atoms with van der Waals surface area (Å²) in [6.07, 6.45) is 4.06. The number of carboxylic acids is 1. The van der Waals surface area contributed by atoms with Crippen LogP contribution in [0.3, 0.4) is 0 Å². The summed E-state index contributed by atoms with van der Waals surface area (Å²) >= 11 is 0. The Balaban J connectivity index is 2.20. The smallest absolute Gasteiger partial charge is 0.329 e. The van der Waals surface area contributed by atoms with E-state index in [1.165, 1.54) is 12.1 Å². The number of aliphatic carboxylic acids is 1. The van der Waals surface area contributed by atoms with Gasteiger partial charge in [0.2, 0.25) is 0 Å². The topological polar surface area (TPSA) is 83.5 Å². The normalized spacial score (nSPS) is 26.3. The van der Waals surface area contributed by atoms with Crippen LogP contribution in [-0.4, -0.2) is 31.3 Å². The first-order chi connectivity index (χ1) is 9.73. The van der Waals surface area contributed by atoms with Gasteiger partial charge in [0.15, 0.2) is 9.84 Å². The summed E-state index contributed by atoms with van der Waals surface area (Å²) in [7, 11) is -3.24. The molecule has 0 aliphatic heterocycles. The molecule has 0 spiro atoms. The first kappa shape index (κ1) is 15.8. The van der Waals surface area contributed by atoms with E-state index in [2.05, 4.69) is 12.2 Å². The van der Waals surface area contributed by atoms with Crippen molar-refractivity contribution in [3.8, 4) is 0 Å². The molecule has 0 amide bonds. The predicted molar refractivity (Wildman–Crippen MR) is 81.2 cm³/mol. The number of benzene rings is 1. The van der Waals surface area contributed by atoms with Crippen molar-refractivity contribution in [3.63, 3.8) is 0 Å². The second-order valence-corrected chi connectivity index (χ2v) is 8.01. The highest BCUT2D eigenvalue weighted by molar-refractivity contribution is 7.90. The van der Waals surface area contributed by atoms with Crippen LogP contribution < -0.4 is 5.32 Å². The zero-order chi connectivity index (χ0) is 15.7. The van der Waals surface area contributed by atoms with Gasteiger partial charge in [0.25, 0.3) is 0 Å². The summed E-state index contributed by atoms with van der Waals surface area (Å²) in [5.74, 6) is -0.298. The number of hydrogen-bond acceptors (Lipinski definition) is 4. The fourth-order valence-corrected chi connectivity index (χ4v) is 3.34. The van der Waals surface area contributed by atoms with E-state index in [0.29, 0.717) is 24.4 Å². The molecule has 1 fully saturated rings. The molecule has 0 atom stereocenters. The summed E-state index contributed by atoms with van der Waals surface area (Å²) in [5, 5.41) is 12.7. The van der Waals surface area contributed by atoms with Crippen molar-refractivity contribution in [1.29, 1.82) is 0 Å². The van der Waals surface area contributed by atoms with Gasteiger partial charge in [0.1, 0.15) is 5.54 Å². The molecule has 2 rings (SSSR count). The fraction of sp³-hybridized carbons (Fsp3) is 0.533. The molecule has 1 aliphatic rings. The van der Waals surface area contributed by atoms with Gasteiger partial charge in [-0.05, 0) is 55.9 Å². The molecule has 0 unspecified atom stereocenters. The van der Waals surface area contributed by atoms with E-state index in [4.69, 9.17) is 0 Å². The Morgan fingerprint density at radius 3 is 2.19 bits per heavy atom. The number of hydrogen-bond donors (Lipinski definition) is 2. The van der Waals surface area contributed by atoms with E-state index in [9.17, 15) is 18.3 Å². The molecule has 116 valence electrons. The molecule has 0 heterocycles. The summed E-state index contributed by atoms with van der Waals surface area (Å²) in [6.45, 7) is 2.13. The van der Waals surface area contributed by atoms with Crippen LogP contribution in [0.15, 0.2) is 29.2 Å². The minimum atomic E-state index is -3.24. The van der Waals surface area contributed by atoms with Crippen LogP contribution in [0, 0.1) is 5.92 Å². The quantitative estimate of drug-likeness (QED) is 0.892. The van der Waals surface area contributed by atoms with E-state index >= 15 is 0 Å². The Hall–Kier alpha value is -1.56. The van der Waals surface area contributed by atoms with Crippen molar-refractivity contribution < 1.29 is 18.3 Å². The van der Waals surface area contributed by atoms with Crippen molar-refractivity contribution in [2.45, 2.75) is 43.0 Å². The number of carbonyl (C=O) groups is 1. The lowest BCUT2D eigenvalue weighted by Gasteiger charge is -2.37. The third-order valence-electron chi connectivity index (χ3n) is 4.20. The van der Waals surface area contributed by atoms with E-state index in [1.54, 1.807) is 12.1 Å². The Morgan fingerprint density at radius 2 is 1.76 bits per heavy atom. The second kappa shape index (κ2) is 5.67. The average molecular weight is 311 g/mol. The summed E-state index contributed by atoms with van der Waals surface area (Å²) < 4.78 is 22.9. The third-order valence-corrected chi connectivity index (χ3v) is 5.33. The first-order valence-corrected chi connectivity index (χ1v) is 8.94. The van der Waals surface area contributed by atoms with Crippen LogP contribution in [0.25, 0.3) is 0 Å². The van der Waals surface area contributed by atoms with E-state index < -0.39 is 21.3 Å². The van der Waals surface area contributed by atoms with Crippen LogP contribution in [0.5, 0.6) is 0 Å². The molecule has 0 radical (unpaired) electrons. The van der Waals surface area contributed by atoms with Gasteiger partial charge in [-0.1, -0.05) is 6.92 Å². The molecule has 1 saturated carbocycles. The van der Waals surface area contributed by atoms with Gasteiger partial charge in [-0.3, -0.25) is 0 Å². The van der Waals surface area contributed by atoms with Gasteiger partial charge in [0.05, 0.1) is 4.90 Å². The molecule has 1 aromatic rings. The molecule has 2 N–H and O–H groups in total. The summed E-state index contributed by atoms with van der Waals surface area (Å²) in [6, 6.07) is 6.25. The maximum atomic E-state index is 11.7. The lowest BCUT2D eigenvalue weighted by atomic mass is 9.77. The van der Waals surface area contributed by atoms with Gasteiger partial charge < -0.3 is 10.4 Å². The monoisotopic (exact) mass is 311 g/mol. The molecule has 5 nitrogen and oxygen atoms in total. The van der Waals surface area contributed by atoms with Gasteiger partial charge in [-0.25, -0.2) is 13.2 Å². The van der Waals surface area contributed by atoms with Crippen molar-refractivity contribution in [3.05, 3.63) is 24.3 Å². The Kier molecular flexibility index (Phi) is 4.27. The van der Waals surface area contributed by atoms with Gasteiger partial charge in [-0.15, -0.1) is 0 Å². The highest BCUT2D eigenvalue weighted by Gasteiger charge is 2.41. The van der Waals surface area contributed by atoms with Crippen LogP contribution in [0.1, 0.15) is 32.6 Å². The van der Waals surface area contributed by atoms with Crippen molar-refractivity contribution in [1.82, 2.24) is 0 Å². The van der Waals surface area contributed by atoms with E-state index in [0.717, 1.165) is 19.1 Å². The minimum Gasteiger partial charge on any atom is -0.480 e. The molecule has 0 saturated heterocycles. The maximum Gasteiger partial charge on any atom is 0.329 e. The van der Waals surface area contributed by atoms with Crippen LogP contribution in [0.2, 0.25) is 0 Å². The zero-order valence-corrected chi connectivity index (χ0v) is 13.1. The van der Waals surface area contributed by atoms with Crippen molar-refractivity contribution in [2.24, 2.45) is 5.92 Å². The Bertz CT molecular complexity index is 614.